The van der Waals surface area contributed by atoms with Crippen molar-refractivity contribution in [1.82, 2.24) is 0 Å². The molecule has 140 valence electrons. The molecule has 0 radical (unpaired) electrons. The van der Waals surface area contributed by atoms with Crippen molar-refractivity contribution in [2.75, 3.05) is 13.2 Å². The molecule has 0 amide bonds. The van der Waals surface area contributed by atoms with E-state index in [4.69, 9.17) is 4.74 Å². The summed E-state index contributed by atoms with van der Waals surface area (Å²) in [5, 5.41) is 19.2. The third kappa shape index (κ3) is 7.08. The SMILES string of the molecule is C=CCOCC=C.CC(C)(C1CCC(O)CC1)C1CCC(O)CC1. The summed E-state index contributed by atoms with van der Waals surface area (Å²) in [5.74, 6) is 1.54. The van der Waals surface area contributed by atoms with E-state index in [1.807, 2.05) is 0 Å². The van der Waals surface area contributed by atoms with Crippen LogP contribution in [0.25, 0.3) is 0 Å². The Bertz CT molecular complexity index is 316. The van der Waals surface area contributed by atoms with Gasteiger partial charge in [0, 0.05) is 0 Å². The molecule has 0 atom stereocenters. The molecule has 0 aliphatic heterocycles. The molecule has 2 saturated carbocycles. The normalized spacial score (nSPS) is 30.8. The molecule has 2 fully saturated rings. The Labute approximate surface area is 148 Å². The maximum atomic E-state index is 9.60. The van der Waals surface area contributed by atoms with Crippen LogP contribution in [0.3, 0.4) is 0 Å². The van der Waals surface area contributed by atoms with Crippen LogP contribution in [-0.2, 0) is 4.74 Å². The van der Waals surface area contributed by atoms with E-state index in [0.717, 1.165) is 37.5 Å². The fraction of sp³-hybridized carbons (Fsp3) is 0.810. The van der Waals surface area contributed by atoms with Gasteiger partial charge in [-0.15, -0.1) is 13.2 Å². The molecular formula is C21H38O3. The summed E-state index contributed by atoms with van der Waals surface area (Å²) in [7, 11) is 0. The van der Waals surface area contributed by atoms with Crippen LogP contribution in [0.5, 0.6) is 0 Å². The Hall–Kier alpha value is -0.640. The zero-order valence-corrected chi connectivity index (χ0v) is 15.8. The molecule has 0 heterocycles. The van der Waals surface area contributed by atoms with Gasteiger partial charge < -0.3 is 14.9 Å². The monoisotopic (exact) mass is 338 g/mol. The predicted molar refractivity (Wildman–Crippen MR) is 101 cm³/mol. The Morgan fingerprint density at radius 1 is 0.792 bits per heavy atom. The molecule has 2 N–H and O–H groups in total. The largest absolute Gasteiger partial charge is 0.393 e. The third-order valence-electron chi connectivity index (χ3n) is 5.97. The molecule has 24 heavy (non-hydrogen) atoms. The zero-order chi connectivity index (χ0) is 18.0. The van der Waals surface area contributed by atoms with E-state index in [0.29, 0.717) is 18.6 Å². The Balaban J connectivity index is 0.000000351. The first kappa shape index (κ1) is 21.4. The number of hydrogen-bond acceptors (Lipinski definition) is 3. The molecule has 3 heteroatoms. The standard InChI is InChI=1S/C15H28O2.C6H10O/c1-15(2,11-3-7-13(16)8-4-11)12-5-9-14(17)10-6-12;1-3-5-7-6-4-2/h11-14,16-17H,3-10H2,1-2H3;3-4H,1-2,5-6H2. The smallest absolute Gasteiger partial charge is 0.0649 e. The Morgan fingerprint density at radius 2 is 1.12 bits per heavy atom. The fourth-order valence-corrected chi connectivity index (χ4v) is 4.21. The molecule has 0 saturated heterocycles. The molecule has 2 rings (SSSR count). The minimum atomic E-state index is -0.0461. The number of rotatable bonds is 6. The highest BCUT2D eigenvalue weighted by Gasteiger charge is 2.39. The highest BCUT2D eigenvalue weighted by atomic mass is 16.5. The number of ether oxygens (including phenoxy) is 1. The van der Waals surface area contributed by atoms with Gasteiger partial charge in [0.2, 0.25) is 0 Å². The van der Waals surface area contributed by atoms with Gasteiger partial charge in [-0.1, -0.05) is 26.0 Å². The van der Waals surface area contributed by atoms with Crippen molar-refractivity contribution in [2.24, 2.45) is 17.3 Å². The molecular weight excluding hydrogens is 300 g/mol. The van der Waals surface area contributed by atoms with Crippen molar-refractivity contribution in [3.8, 4) is 0 Å². The molecule has 3 nitrogen and oxygen atoms in total. The topological polar surface area (TPSA) is 49.7 Å². The van der Waals surface area contributed by atoms with Gasteiger partial charge in [0.25, 0.3) is 0 Å². The summed E-state index contributed by atoms with van der Waals surface area (Å²) in [4.78, 5) is 0. The van der Waals surface area contributed by atoms with Crippen LogP contribution in [0.15, 0.2) is 25.3 Å². The van der Waals surface area contributed by atoms with Gasteiger partial charge in [-0.05, 0) is 68.6 Å². The van der Waals surface area contributed by atoms with Crippen molar-refractivity contribution in [1.29, 1.82) is 0 Å². The molecule has 2 aliphatic carbocycles. The van der Waals surface area contributed by atoms with Crippen LogP contribution in [0.4, 0.5) is 0 Å². The van der Waals surface area contributed by atoms with Crippen LogP contribution >= 0.6 is 0 Å². The van der Waals surface area contributed by atoms with Gasteiger partial charge >= 0.3 is 0 Å². The van der Waals surface area contributed by atoms with Crippen LogP contribution in [0.1, 0.15) is 65.2 Å². The van der Waals surface area contributed by atoms with Crippen molar-refractivity contribution < 1.29 is 14.9 Å². The second-order valence-corrected chi connectivity index (χ2v) is 7.95. The number of hydrogen-bond donors (Lipinski definition) is 2. The second-order valence-electron chi connectivity index (χ2n) is 7.95. The van der Waals surface area contributed by atoms with Gasteiger partial charge in [0.15, 0.2) is 0 Å². The van der Waals surface area contributed by atoms with Gasteiger partial charge in [0.05, 0.1) is 25.4 Å². The molecule has 0 aromatic rings. The summed E-state index contributed by atoms with van der Waals surface area (Å²) in [5.41, 5.74) is 0.389. The summed E-state index contributed by atoms with van der Waals surface area (Å²) < 4.78 is 4.90. The highest BCUT2D eigenvalue weighted by Crippen LogP contribution is 2.48. The van der Waals surface area contributed by atoms with Gasteiger partial charge in [-0.25, -0.2) is 0 Å². The van der Waals surface area contributed by atoms with Crippen molar-refractivity contribution in [3.63, 3.8) is 0 Å². The lowest BCUT2D eigenvalue weighted by atomic mass is 9.60. The van der Waals surface area contributed by atoms with Crippen molar-refractivity contribution >= 4 is 0 Å². The van der Waals surface area contributed by atoms with Crippen LogP contribution < -0.4 is 0 Å². The van der Waals surface area contributed by atoms with Crippen LogP contribution in [0, 0.1) is 17.3 Å². The maximum absolute atomic E-state index is 9.60. The first-order chi connectivity index (χ1) is 11.4. The molecule has 0 aromatic carbocycles. The third-order valence-corrected chi connectivity index (χ3v) is 5.97. The second kappa shape index (κ2) is 11.1. The predicted octanol–water partition coefficient (Wildman–Crippen LogP) is 4.49. The van der Waals surface area contributed by atoms with E-state index in [2.05, 4.69) is 27.0 Å². The molecule has 0 aromatic heterocycles. The van der Waals surface area contributed by atoms with Crippen LogP contribution in [-0.4, -0.2) is 35.6 Å². The summed E-state index contributed by atoms with van der Waals surface area (Å²) >= 11 is 0. The number of aliphatic hydroxyl groups excluding tert-OH is 2. The van der Waals surface area contributed by atoms with E-state index in [1.54, 1.807) is 12.2 Å². The van der Waals surface area contributed by atoms with Gasteiger partial charge in [-0.3, -0.25) is 0 Å². The van der Waals surface area contributed by atoms with Crippen molar-refractivity contribution in [2.45, 2.75) is 77.4 Å². The minimum Gasteiger partial charge on any atom is -0.393 e. The van der Waals surface area contributed by atoms with E-state index in [-0.39, 0.29) is 12.2 Å². The lowest BCUT2D eigenvalue weighted by Crippen LogP contribution is -2.38. The van der Waals surface area contributed by atoms with E-state index >= 15 is 0 Å². The quantitative estimate of drug-likeness (QED) is 0.554. The minimum absolute atomic E-state index is 0.0461. The summed E-state index contributed by atoms with van der Waals surface area (Å²) in [6.07, 6.45) is 12.0. The average Bonchev–Trinajstić information content (AvgIpc) is 2.57. The maximum Gasteiger partial charge on any atom is 0.0649 e. The molecule has 0 bridgehead atoms. The summed E-state index contributed by atoms with van der Waals surface area (Å²) in [6.45, 7) is 13.0. The van der Waals surface area contributed by atoms with Crippen molar-refractivity contribution in [3.05, 3.63) is 25.3 Å². The number of aliphatic hydroxyl groups is 2. The van der Waals surface area contributed by atoms with Crippen LogP contribution in [0.2, 0.25) is 0 Å². The molecule has 2 aliphatic rings. The van der Waals surface area contributed by atoms with E-state index in [1.165, 1.54) is 25.7 Å². The Morgan fingerprint density at radius 3 is 1.42 bits per heavy atom. The molecule has 0 unspecified atom stereocenters. The van der Waals surface area contributed by atoms with E-state index in [9.17, 15) is 10.2 Å². The first-order valence-corrected chi connectivity index (χ1v) is 9.57. The van der Waals surface area contributed by atoms with Gasteiger partial charge in [0.1, 0.15) is 0 Å². The lowest BCUT2D eigenvalue weighted by Gasteiger charge is -2.46. The Kier molecular flexibility index (Phi) is 9.87. The summed E-state index contributed by atoms with van der Waals surface area (Å²) in [6, 6.07) is 0. The zero-order valence-electron chi connectivity index (χ0n) is 15.8. The molecule has 0 spiro atoms. The highest BCUT2D eigenvalue weighted by molar-refractivity contribution is 4.90. The van der Waals surface area contributed by atoms with Gasteiger partial charge in [-0.2, -0.15) is 0 Å². The lowest BCUT2D eigenvalue weighted by molar-refractivity contribution is 0.00233. The first-order valence-electron chi connectivity index (χ1n) is 9.57. The average molecular weight is 339 g/mol. The fourth-order valence-electron chi connectivity index (χ4n) is 4.21. The van der Waals surface area contributed by atoms with E-state index < -0.39 is 0 Å².